The third-order valence-corrected chi connectivity index (χ3v) is 1.99. The summed E-state index contributed by atoms with van der Waals surface area (Å²) in [5.74, 6) is 0. The van der Waals surface area contributed by atoms with Crippen molar-refractivity contribution in [3.63, 3.8) is 0 Å². The number of halogens is 1. The summed E-state index contributed by atoms with van der Waals surface area (Å²) in [5.41, 5.74) is 0. The van der Waals surface area contributed by atoms with E-state index in [1.807, 2.05) is 0 Å². The van der Waals surface area contributed by atoms with Crippen molar-refractivity contribution in [2.24, 2.45) is 0 Å². The molecule has 1 unspecified atom stereocenters. The van der Waals surface area contributed by atoms with Crippen LogP contribution in [0, 0.1) is 0 Å². The van der Waals surface area contributed by atoms with Gasteiger partial charge in [0.1, 0.15) is 4.60 Å². The van der Waals surface area contributed by atoms with Gasteiger partial charge in [0, 0.05) is 11.1 Å². The van der Waals surface area contributed by atoms with Crippen molar-refractivity contribution in [1.29, 1.82) is 0 Å². The number of aromatic nitrogens is 1. The summed E-state index contributed by atoms with van der Waals surface area (Å²) in [4.78, 5) is 3.92. The topological polar surface area (TPSA) is 53.0 Å². The van der Waals surface area contributed by atoms with Crippen LogP contribution in [0.2, 0.25) is 0 Å². The molecule has 0 radical (unpaired) electrons. The average molecular weight is 244 g/mol. The SMILES string of the molecule is O=S([O-])c1ccc(Br)nc1.[Na+]. The Bertz CT molecular complexity index is 253. The first-order chi connectivity index (χ1) is 4.70. The van der Waals surface area contributed by atoms with Gasteiger partial charge < -0.3 is 4.55 Å². The molecule has 0 aliphatic rings. The summed E-state index contributed by atoms with van der Waals surface area (Å²) in [6, 6.07) is 3.05. The second-order valence-corrected chi connectivity index (χ2v) is 3.30. The van der Waals surface area contributed by atoms with Gasteiger partial charge in [-0.15, -0.1) is 0 Å². The molecule has 0 spiro atoms. The van der Waals surface area contributed by atoms with Crippen molar-refractivity contribution in [2.75, 3.05) is 0 Å². The molecule has 1 aromatic heterocycles. The van der Waals surface area contributed by atoms with E-state index in [-0.39, 0.29) is 34.5 Å². The number of hydrogen-bond acceptors (Lipinski definition) is 3. The summed E-state index contributed by atoms with van der Waals surface area (Å²) in [5, 5.41) is 0. The second kappa shape index (κ2) is 5.40. The molecule has 1 heterocycles. The van der Waals surface area contributed by atoms with Gasteiger partial charge in [-0.05, 0) is 39.1 Å². The first-order valence-electron chi connectivity index (χ1n) is 2.41. The standard InChI is InChI=1S/C5H4BrNO2S.Na/c6-5-2-1-4(3-7-5)10(8)9;/h1-3H,(H,8,9);/q;+1/p-1. The Balaban J connectivity index is 0.000001000. The van der Waals surface area contributed by atoms with Crippen molar-refractivity contribution < 1.29 is 38.3 Å². The number of rotatable bonds is 1. The van der Waals surface area contributed by atoms with Gasteiger partial charge >= 0.3 is 29.6 Å². The molecule has 1 atom stereocenters. The van der Waals surface area contributed by atoms with Crippen molar-refractivity contribution in [3.05, 3.63) is 22.9 Å². The van der Waals surface area contributed by atoms with E-state index in [2.05, 4.69) is 20.9 Å². The Morgan fingerprint density at radius 2 is 2.18 bits per heavy atom. The van der Waals surface area contributed by atoms with Gasteiger partial charge in [-0.2, -0.15) is 0 Å². The number of nitrogens with zero attached hydrogens (tertiary/aromatic N) is 1. The maximum atomic E-state index is 10.3. The summed E-state index contributed by atoms with van der Waals surface area (Å²) in [6.45, 7) is 0. The third kappa shape index (κ3) is 3.78. The van der Waals surface area contributed by atoms with Gasteiger partial charge in [0.15, 0.2) is 0 Å². The van der Waals surface area contributed by atoms with Crippen molar-refractivity contribution >= 4 is 27.0 Å². The summed E-state index contributed by atoms with van der Waals surface area (Å²) in [7, 11) is 0. The second-order valence-electron chi connectivity index (χ2n) is 1.55. The van der Waals surface area contributed by atoms with E-state index >= 15 is 0 Å². The molecule has 0 bridgehead atoms. The normalized spacial score (nSPS) is 11.8. The van der Waals surface area contributed by atoms with E-state index in [1.165, 1.54) is 12.3 Å². The Morgan fingerprint density at radius 1 is 1.55 bits per heavy atom. The molecule has 6 heteroatoms. The van der Waals surface area contributed by atoms with E-state index in [0.29, 0.717) is 4.60 Å². The Hall–Kier alpha value is 0.740. The molecule has 11 heavy (non-hydrogen) atoms. The molecule has 0 saturated heterocycles. The van der Waals surface area contributed by atoms with Crippen LogP contribution in [0.3, 0.4) is 0 Å². The van der Waals surface area contributed by atoms with Gasteiger partial charge in [0.25, 0.3) is 0 Å². The Labute approximate surface area is 97.3 Å². The van der Waals surface area contributed by atoms with Crippen LogP contribution in [0.4, 0.5) is 0 Å². The molecule has 0 saturated carbocycles. The minimum absolute atomic E-state index is 0. The van der Waals surface area contributed by atoms with Crippen molar-refractivity contribution in [1.82, 2.24) is 4.98 Å². The molecule has 0 fully saturated rings. The van der Waals surface area contributed by atoms with E-state index in [4.69, 9.17) is 0 Å². The van der Waals surface area contributed by atoms with Gasteiger partial charge in [0.2, 0.25) is 0 Å². The van der Waals surface area contributed by atoms with Crippen LogP contribution >= 0.6 is 15.9 Å². The molecule has 3 nitrogen and oxygen atoms in total. The predicted octanol–water partition coefficient (Wildman–Crippen LogP) is -1.91. The minimum Gasteiger partial charge on any atom is -0.768 e. The zero-order valence-electron chi connectivity index (χ0n) is 5.78. The van der Waals surface area contributed by atoms with Gasteiger partial charge in [-0.25, -0.2) is 4.98 Å². The maximum Gasteiger partial charge on any atom is 1.00 e. The van der Waals surface area contributed by atoms with E-state index in [9.17, 15) is 8.76 Å². The van der Waals surface area contributed by atoms with E-state index in [1.54, 1.807) is 6.07 Å². The molecule has 0 aromatic carbocycles. The third-order valence-electron chi connectivity index (χ3n) is 0.893. The van der Waals surface area contributed by atoms with E-state index in [0.717, 1.165) is 0 Å². The zero-order chi connectivity index (χ0) is 7.56. The summed E-state index contributed by atoms with van der Waals surface area (Å²) in [6.07, 6.45) is 1.28. The Kier molecular flexibility index (Phi) is 5.76. The quantitative estimate of drug-likeness (QED) is 0.329. The Morgan fingerprint density at radius 3 is 2.55 bits per heavy atom. The largest absolute Gasteiger partial charge is 1.00 e. The van der Waals surface area contributed by atoms with Crippen molar-refractivity contribution in [3.8, 4) is 0 Å². The summed E-state index contributed by atoms with van der Waals surface area (Å²) < 4.78 is 21.1. The molecule has 1 aromatic rings. The average Bonchev–Trinajstić information content (AvgIpc) is 1.88. The van der Waals surface area contributed by atoms with Crippen LogP contribution in [0.5, 0.6) is 0 Å². The van der Waals surface area contributed by atoms with Crippen LogP contribution in [-0.4, -0.2) is 13.7 Å². The molecule has 0 aliphatic heterocycles. The number of hydrogen-bond donors (Lipinski definition) is 0. The van der Waals surface area contributed by atoms with Gasteiger partial charge in [-0.3, -0.25) is 4.21 Å². The predicted molar refractivity (Wildman–Crippen MR) is 39.1 cm³/mol. The molecular weight excluding hydrogens is 241 g/mol. The van der Waals surface area contributed by atoms with Crippen LogP contribution in [0.1, 0.15) is 0 Å². The smallest absolute Gasteiger partial charge is 0.768 e. The first kappa shape index (κ1) is 11.7. The number of pyridine rings is 1. The molecule has 0 aliphatic carbocycles. The monoisotopic (exact) mass is 243 g/mol. The van der Waals surface area contributed by atoms with Crippen LogP contribution in [0.15, 0.2) is 27.8 Å². The molecule has 0 N–H and O–H groups in total. The van der Waals surface area contributed by atoms with Crippen molar-refractivity contribution in [2.45, 2.75) is 4.90 Å². The fourth-order valence-corrected chi connectivity index (χ4v) is 1.01. The van der Waals surface area contributed by atoms with Crippen LogP contribution in [-0.2, 0) is 11.1 Å². The summed E-state index contributed by atoms with van der Waals surface area (Å²) >= 11 is 0.912. The molecule has 54 valence electrons. The van der Waals surface area contributed by atoms with Gasteiger partial charge in [-0.1, -0.05) is 0 Å². The van der Waals surface area contributed by atoms with Crippen LogP contribution < -0.4 is 29.6 Å². The molecule has 1 rings (SSSR count). The maximum absolute atomic E-state index is 10.3. The minimum atomic E-state index is -2.17. The fourth-order valence-electron chi connectivity index (χ4n) is 0.461. The zero-order valence-corrected chi connectivity index (χ0v) is 10.2. The molecule has 0 amide bonds. The van der Waals surface area contributed by atoms with E-state index < -0.39 is 11.1 Å². The molecular formula is C5H3BrNNaO2S. The first-order valence-corrected chi connectivity index (χ1v) is 4.28. The van der Waals surface area contributed by atoms with Crippen LogP contribution in [0.25, 0.3) is 0 Å². The fraction of sp³-hybridized carbons (Fsp3) is 0. The van der Waals surface area contributed by atoms with Gasteiger partial charge in [0.05, 0.1) is 0 Å².